The van der Waals surface area contributed by atoms with Gasteiger partial charge in [-0.25, -0.2) is 0 Å². The van der Waals surface area contributed by atoms with Crippen LogP contribution < -0.4 is 0 Å². The lowest BCUT2D eigenvalue weighted by Crippen LogP contribution is -2.51. The Bertz CT molecular complexity index is 409. The molecule has 1 aliphatic carbocycles. The summed E-state index contributed by atoms with van der Waals surface area (Å²) in [6, 6.07) is 0.499. The normalized spacial score (nSPS) is 26.5. The van der Waals surface area contributed by atoms with Gasteiger partial charge in [0.15, 0.2) is 5.78 Å². The van der Waals surface area contributed by atoms with E-state index in [1.165, 1.54) is 32.1 Å². The van der Waals surface area contributed by atoms with Gasteiger partial charge in [-0.15, -0.1) is 0 Å². The summed E-state index contributed by atoms with van der Waals surface area (Å²) in [6.45, 7) is 8.64. The van der Waals surface area contributed by atoms with E-state index in [4.69, 9.17) is 9.05 Å². The summed E-state index contributed by atoms with van der Waals surface area (Å²) in [6.07, 6.45) is 8.12. The minimum atomic E-state index is -3.22. The highest BCUT2D eigenvalue weighted by molar-refractivity contribution is 7.54. The highest BCUT2D eigenvalue weighted by Crippen LogP contribution is 2.59. The summed E-state index contributed by atoms with van der Waals surface area (Å²) in [4.78, 5) is 6.84. The molecule has 6 heteroatoms. The van der Waals surface area contributed by atoms with Crippen molar-refractivity contribution in [3.63, 3.8) is 0 Å². The Morgan fingerprint density at radius 2 is 1.76 bits per heavy atom. The number of hydrogen-bond donors (Lipinski definition) is 0. The Kier molecular flexibility index (Phi) is 5.50. The van der Waals surface area contributed by atoms with Crippen molar-refractivity contribution in [1.82, 2.24) is 4.90 Å². The van der Waals surface area contributed by atoms with Crippen LogP contribution in [0.5, 0.6) is 0 Å². The Hall–Kier alpha value is -0.380. The lowest BCUT2D eigenvalue weighted by molar-refractivity contribution is 0.129. The Morgan fingerprint density at radius 3 is 2.29 bits per heavy atom. The number of aliphatic imine (C=N–C) groups is 1. The minimum absolute atomic E-state index is 0.331. The summed E-state index contributed by atoms with van der Waals surface area (Å²) in [5, 5.41) is 0. The molecule has 1 saturated carbocycles. The van der Waals surface area contributed by atoms with Gasteiger partial charge in [0.05, 0.1) is 25.1 Å². The number of rotatable bonds is 6. The van der Waals surface area contributed by atoms with Gasteiger partial charge in [0.2, 0.25) is 0 Å². The van der Waals surface area contributed by atoms with E-state index in [2.05, 4.69) is 23.7 Å². The van der Waals surface area contributed by atoms with Gasteiger partial charge in [-0.2, -0.15) is 0 Å². The van der Waals surface area contributed by atoms with E-state index in [0.717, 1.165) is 0 Å². The molecule has 0 radical (unpaired) electrons. The zero-order valence-electron chi connectivity index (χ0n) is 13.7. The first-order valence-corrected chi connectivity index (χ1v) is 9.77. The van der Waals surface area contributed by atoms with Gasteiger partial charge in [-0.1, -0.05) is 19.3 Å². The van der Waals surface area contributed by atoms with Crippen LogP contribution in [0.4, 0.5) is 0 Å². The fourth-order valence-corrected chi connectivity index (χ4v) is 5.74. The van der Waals surface area contributed by atoms with Crippen molar-refractivity contribution < 1.29 is 13.6 Å². The maximum Gasteiger partial charge on any atom is 0.357 e. The second kappa shape index (κ2) is 6.80. The molecule has 1 unspecified atom stereocenters. The summed E-state index contributed by atoms with van der Waals surface area (Å²) in [7, 11) is -3.22. The first-order valence-electron chi connectivity index (χ1n) is 8.16. The molecule has 1 heterocycles. The molecule has 1 atom stereocenters. The van der Waals surface area contributed by atoms with Gasteiger partial charge >= 0.3 is 7.60 Å². The topological polar surface area (TPSA) is 51.1 Å². The summed E-state index contributed by atoms with van der Waals surface area (Å²) >= 11 is 0. The summed E-state index contributed by atoms with van der Waals surface area (Å²) < 4.78 is 24.1. The van der Waals surface area contributed by atoms with Crippen molar-refractivity contribution in [2.45, 2.75) is 77.2 Å². The monoisotopic (exact) mass is 316 g/mol. The molecule has 0 saturated heterocycles. The summed E-state index contributed by atoms with van der Waals surface area (Å²) in [5.74, 6) is -0.438. The second-order valence-electron chi connectivity index (χ2n) is 6.37. The van der Waals surface area contributed by atoms with Gasteiger partial charge in [0, 0.05) is 6.04 Å². The van der Waals surface area contributed by atoms with Crippen molar-refractivity contribution in [3.8, 4) is 0 Å². The molecular formula is C15H29N2O3P. The van der Waals surface area contributed by atoms with Crippen molar-refractivity contribution in [2.24, 2.45) is 4.99 Å². The zero-order chi connectivity index (χ0) is 15.5. The Balaban J connectivity index is 2.19. The predicted octanol–water partition coefficient (Wildman–Crippen LogP) is 4.03. The highest BCUT2D eigenvalue weighted by atomic mass is 31.2. The third kappa shape index (κ3) is 3.35. The van der Waals surface area contributed by atoms with Crippen LogP contribution in [0.1, 0.15) is 59.8 Å². The molecule has 21 heavy (non-hydrogen) atoms. The van der Waals surface area contributed by atoms with Gasteiger partial charge in [-0.05, 0) is 40.5 Å². The zero-order valence-corrected chi connectivity index (χ0v) is 14.6. The van der Waals surface area contributed by atoms with E-state index < -0.39 is 13.4 Å². The van der Waals surface area contributed by atoms with Gasteiger partial charge in [0.1, 0.15) is 0 Å². The van der Waals surface area contributed by atoms with Crippen LogP contribution >= 0.6 is 7.60 Å². The molecule has 0 amide bonds. The first kappa shape index (κ1) is 17.0. The molecule has 0 aromatic heterocycles. The highest BCUT2D eigenvalue weighted by Gasteiger charge is 2.52. The van der Waals surface area contributed by atoms with Gasteiger partial charge in [-0.3, -0.25) is 9.56 Å². The van der Waals surface area contributed by atoms with Crippen molar-refractivity contribution >= 4 is 13.9 Å². The lowest BCUT2D eigenvalue weighted by Gasteiger charge is -2.43. The predicted molar refractivity (Wildman–Crippen MR) is 85.9 cm³/mol. The minimum Gasteiger partial charge on any atom is -0.352 e. The molecule has 1 fully saturated rings. The van der Waals surface area contributed by atoms with Crippen LogP contribution in [0.3, 0.4) is 0 Å². The SMILES string of the molecule is CCOP(=O)(OCC)C1N=CN(C2CCCCC2)C1(C)C. The van der Waals surface area contributed by atoms with Crippen LogP contribution in [0.2, 0.25) is 0 Å². The van der Waals surface area contributed by atoms with E-state index in [1.54, 1.807) is 0 Å². The van der Waals surface area contributed by atoms with Crippen LogP contribution in [-0.4, -0.2) is 41.8 Å². The summed E-state index contributed by atoms with van der Waals surface area (Å²) in [5.41, 5.74) is -0.331. The van der Waals surface area contributed by atoms with E-state index in [0.29, 0.717) is 19.3 Å². The van der Waals surface area contributed by atoms with E-state index in [9.17, 15) is 4.57 Å². The number of nitrogens with zero attached hydrogens (tertiary/aromatic N) is 2. The standard InChI is InChI=1S/C15H29N2O3P/c1-5-19-21(18,20-6-2)14-15(3,4)17(12-16-14)13-10-8-7-9-11-13/h12-14H,5-11H2,1-4H3. The molecule has 1 aliphatic heterocycles. The quantitative estimate of drug-likeness (QED) is 0.694. The van der Waals surface area contributed by atoms with Gasteiger partial charge in [0.25, 0.3) is 0 Å². The lowest BCUT2D eigenvalue weighted by atomic mass is 9.91. The molecule has 5 nitrogen and oxygen atoms in total. The molecule has 0 aromatic rings. The average molecular weight is 316 g/mol. The van der Waals surface area contributed by atoms with Crippen LogP contribution in [0.25, 0.3) is 0 Å². The fourth-order valence-electron chi connectivity index (χ4n) is 3.53. The fraction of sp³-hybridized carbons (Fsp3) is 0.933. The Morgan fingerprint density at radius 1 is 1.19 bits per heavy atom. The molecule has 0 N–H and O–H groups in total. The molecular weight excluding hydrogens is 287 g/mol. The van der Waals surface area contributed by atoms with E-state index >= 15 is 0 Å². The van der Waals surface area contributed by atoms with Crippen LogP contribution in [-0.2, 0) is 13.6 Å². The van der Waals surface area contributed by atoms with Crippen LogP contribution in [0.15, 0.2) is 4.99 Å². The van der Waals surface area contributed by atoms with Crippen LogP contribution in [0, 0.1) is 0 Å². The third-order valence-corrected chi connectivity index (χ3v) is 7.12. The molecule has 0 spiro atoms. The van der Waals surface area contributed by atoms with Crippen molar-refractivity contribution in [3.05, 3.63) is 0 Å². The Labute approximate surface area is 128 Å². The average Bonchev–Trinajstić information content (AvgIpc) is 2.76. The second-order valence-corrected chi connectivity index (χ2v) is 8.45. The molecule has 2 rings (SSSR count). The molecule has 0 bridgehead atoms. The van der Waals surface area contributed by atoms with E-state index in [1.807, 2.05) is 20.2 Å². The third-order valence-electron chi connectivity index (χ3n) is 4.52. The largest absolute Gasteiger partial charge is 0.357 e. The van der Waals surface area contributed by atoms with Crippen molar-refractivity contribution in [2.75, 3.05) is 13.2 Å². The number of hydrogen-bond acceptors (Lipinski definition) is 5. The maximum atomic E-state index is 13.1. The van der Waals surface area contributed by atoms with Crippen molar-refractivity contribution in [1.29, 1.82) is 0 Å². The van der Waals surface area contributed by atoms with Gasteiger partial charge < -0.3 is 13.9 Å². The maximum absolute atomic E-state index is 13.1. The molecule has 2 aliphatic rings. The smallest absolute Gasteiger partial charge is 0.352 e. The first-order chi connectivity index (χ1) is 9.95. The van der Waals surface area contributed by atoms with E-state index in [-0.39, 0.29) is 5.54 Å². The molecule has 0 aromatic carbocycles. The molecule has 122 valence electrons.